The van der Waals surface area contributed by atoms with E-state index in [4.69, 9.17) is 10.8 Å². The standard InChI is InChI=1S/C18H37N3.C18H36O2/c1-3-4-5-6-7-8-9-10-11-12-13-14-18-20-15-16-21(18)17(2)19;1-2-3-4-5-6-7-8-9-10-11-12-13-14-15-16-17-18(19)20/h17H,3-16,19H2,1-2H3;2-17H2,1H3,(H,19,20). The SMILES string of the molecule is CCCCCCCCCCCCCC1=NCCN1C(C)N.CCCCCCCCCCCCCCCCCC(=O)O. The van der Waals surface area contributed by atoms with Crippen LogP contribution >= 0.6 is 0 Å². The molecule has 3 N–H and O–H groups in total. The molecule has 0 aliphatic carbocycles. The van der Waals surface area contributed by atoms with Crippen molar-refractivity contribution in [2.45, 2.75) is 207 Å². The summed E-state index contributed by atoms with van der Waals surface area (Å²) in [6.07, 6.45) is 36.8. The summed E-state index contributed by atoms with van der Waals surface area (Å²) in [7, 11) is 0. The zero-order valence-corrected chi connectivity index (χ0v) is 28.1. The molecule has 1 heterocycles. The summed E-state index contributed by atoms with van der Waals surface area (Å²) >= 11 is 0. The van der Waals surface area contributed by atoms with Crippen LogP contribution in [-0.4, -0.2) is 41.1 Å². The largest absolute Gasteiger partial charge is 0.481 e. The molecule has 0 saturated heterocycles. The lowest BCUT2D eigenvalue weighted by atomic mass is 10.0. The molecule has 0 spiro atoms. The van der Waals surface area contributed by atoms with Gasteiger partial charge in [-0.05, 0) is 19.8 Å². The first-order chi connectivity index (χ1) is 20.0. The topological polar surface area (TPSA) is 78.9 Å². The van der Waals surface area contributed by atoms with Crippen LogP contribution in [0.5, 0.6) is 0 Å². The summed E-state index contributed by atoms with van der Waals surface area (Å²) in [5, 5.41) is 8.52. The third kappa shape index (κ3) is 28.8. The van der Waals surface area contributed by atoms with Gasteiger partial charge in [-0.15, -0.1) is 0 Å². The Hall–Kier alpha value is -1.10. The molecule has 1 rings (SSSR count). The van der Waals surface area contributed by atoms with E-state index in [1.165, 1.54) is 160 Å². The molecule has 0 radical (unpaired) electrons. The third-order valence-electron chi connectivity index (χ3n) is 8.46. The predicted octanol–water partition coefficient (Wildman–Crippen LogP) is 11.0. The lowest BCUT2D eigenvalue weighted by Gasteiger charge is -2.24. The Morgan fingerprint density at radius 1 is 0.659 bits per heavy atom. The van der Waals surface area contributed by atoms with Crippen molar-refractivity contribution in [3.05, 3.63) is 0 Å². The van der Waals surface area contributed by atoms with Crippen LogP contribution in [0.15, 0.2) is 4.99 Å². The highest BCUT2D eigenvalue weighted by atomic mass is 16.4. The maximum atomic E-state index is 10.3. The van der Waals surface area contributed by atoms with Crippen LogP contribution in [0.2, 0.25) is 0 Å². The molecule has 1 atom stereocenters. The maximum absolute atomic E-state index is 10.3. The van der Waals surface area contributed by atoms with Gasteiger partial charge in [-0.2, -0.15) is 0 Å². The minimum atomic E-state index is -0.653. The molecule has 0 aromatic heterocycles. The smallest absolute Gasteiger partial charge is 0.303 e. The number of nitrogens with zero attached hydrogens (tertiary/aromatic N) is 2. The van der Waals surface area contributed by atoms with Gasteiger partial charge in [0.15, 0.2) is 0 Å². The van der Waals surface area contributed by atoms with Gasteiger partial charge in [-0.3, -0.25) is 9.79 Å². The van der Waals surface area contributed by atoms with E-state index >= 15 is 0 Å². The van der Waals surface area contributed by atoms with Gasteiger partial charge in [-0.1, -0.05) is 168 Å². The summed E-state index contributed by atoms with van der Waals surface area (Å²) in [6.45, 7) is 8.57. The Kier molecular flexibility index (Phi) is 31.0. The average molecular weight is 580 g/mol. The molecule has 244 valence electrons. The molecule has 0 fully saturated rings. The van der Waals surface area contributed by atoms with E-state index in [9.17, 15) is 4.79 Å². The summed E-state index contributed by atoms with van der Waals surface area (Å²) in [5.41, 5.74) is 5.96. The van der Waals surface area contributed by atoms with Crippen molar-refractivity contribution in [1.82, 2.24) is 4.90 Å². The van der Waals surface area contributed by atoms with E-state index in [0.717, 1.165) is 32.4 Å². The van der Waals surface area contributed by atoms with Crippen LogP contribution in [0, 0.1) is 0 Å². The highest BCUT2D eigenvalue weighted by Crippen LogP contribution is 2.15. The minimum absolute atomic E-state index is 0.124. The fraction of sp³-hybridized carbons (Fsp3) is 0.944. The lowest BCUT2D eigenvalue weighted by molar-refractivity contribution is -0.137. The first-order valence-electron chi connectivity index (χ1n) is 18.3. The molecule has 41 heavy (non-hydrogen) atoms. The monoisotopic (exact) mass is 580 g/mol. The number of carboxylic acid groups (broad SMARTS) is 1. The van der Waals surface area contributed by atoms with E-state index in [2.05, 4.69) is 30.7 Å². The Balaban J connectivity index is 0.000000782. The summed E-state index contributed by atoms with van der Waals surface area (Å²) in [6, 6.07) is 0. The van der Waals surface area contributed by atoms with Gasteiger partial charge >= 0.3 is 5.97 Å². The van der Waals surface area contributed by atoms with Crippen LogP contribution in [0.25, 0.3) is 0 Å². The molecular weight excluding hydrogens is 506 g/mol. The molecule has 1 aliphatic rings. The van der Waals surface area contributed by atoms with Crippen molar-refractivity contribution in [3.8, 4) is 0 Å². The number of carboxylic acids is 1. The Bertz CT molecular complexity index is 579. The summed E-state index contributed by atoms with van der Waals surface area (Å²) in [4.78, 5) is 17.2. The normalized spacial score (nSPS) is 13.7. The molecular formula is C36H73N3O2. The molecule has 0 amide bonds. The first-order valence-corrected chi connectivity index (χ1v) is 18.3. The van der Waals surface area contributed by atoms with Gasteiger partial charge in [0.25, 0.3) is 0 Å². The second-order valence-electron chi connectivity index (χ2n) is 12.6. The second kappa shape index (κ2) is 31.8. The number of rotatable bonds is 29. The van der Waals surface area contributed by atoms with E-state index in [1.54, 1.807) is 0 Å². The van der Waals surface area contributed by atoms with Crippen molar-refractivity contribution in [2.75, 3.05) is 13.1 Å². The van der Waals surface area contributed by atoms with E-state index < -0.39 is 5.97 Å². The van der Waals surface area contributed by atoms with Crippen LogP contribution in [0.1, 0.15) is 201 Å². The molecule has 0 saturated carbocycles. The molecule has 0 bridgehead atoms. The molecule has 5 nitrogen and oxygen atoms in total. The van der Waals surface area contributed by atoms with E-state index in [1.807, 2.05) is 0 Å². The van der Waals surface area contributed by atoms with Crippen molar-refractivity contribution < 1.29 is 9.90 Å². The fourth-order valence-corrected chi connectivity index (χ4v) is 5.76. The number of nitrogens with two attached hydrogens (primary N) is 1. The van der Waals surface area contributed by atoms with Gasteiger partial charge in [0.05, 0.1) is 12.7 Å². The van der Waals surface area contributed by atoms with Crippen LogP contribution < -0.4 is 5.73 Å². The van der Waals surface area contributed by atoms with Gasteiger partial charge < -0.3 is 15.7 Å². The van der Waals surface area contributed by atoms with Crippen LogP contribution in [0.3, 0.4) is 0 Å². The Labute approximate surface area is 256 Å². The van der Waals surface area contributed by atoms with Crippen molar-refractivity contribution in [3.63, 3.8) is 0 Å². The average Bonchev–Trinajstić information content (AvgIpc) is 3.43. The minimum Gasteiger partial charge on any atom is -0.481 e. The summed E-state index contributed by atoms with van der Waals surface area (Å²) in [5.74, 6) is 0.598. The van der Waals surface area contributed by atoms with Gasteiger partial charge in [0.2, 0.25) is 0 Å². The van der Waals surface area contributed by atoms with Gasteiger partial charge in [0.1, 0.15) is 5.84 Å². The number of amidine groups is 1. The second-order valence-corrected chi connectivity index (χ2v) is 12.6. The number of aliphatic imine (C=N–C) groups is 1. The van der Waals surface area contributed by atoms with E-state index in [0.29, 0.717) is 6.42 Å². The van der Waals surface area contributed by atoms with Crippen molar-refractivity contribution in [1.29, 1.82) is 0 Å². The summed E-state index contributed by atoms with van der Waals surface area (Å²) < 4.78 is 0. The maximum Gasteiger partial charge on any atom is 0.303 e. The third-order valence-corrected chi connectivity index (χ3v) is 8.46. The highest BCUT2D eigenvalue weighted by Gasteiger charge is 2.18. The Morgan fingerprint density at radius 3 is 1.34 bits per heavy atom. The highest BCUT2D eigenvalue weighted by molar-refractivity contribution is 5.83. The number of hydrogen-bond donors (Lipinski definition) is 2. The van der Waals surface area contributed by atoms with Crippen molar-refractivity contribution >= 4 is 11.8 Å². The first kappa shape index (κ1) is 39.9. The predicted molar refractivity (Wildman–Crippen MR) is 181 cm³/mol. The van der Waals surface area contributed by atoms with Crippen LogP contribution in [0.4, 0.5) is 0 Å². The zero-order valence-electron chi connectivity index (χ0n) is 28.1. The number of aliphatic carboxylic acids is 1. The zero-order chi connectivity index (χ0) is 30.2. The van der Waals surface area contributed by atoms with Crippen LogP contribution in [-0.2, 0) is 4.79 Å². The van der Waals surface area contributed by atoms with Gasteiger partial charge in [0, 0.05) is 19.4 Å². The lowest BCUT2D eigenvalue weighted by Crippen LogP contribution is -2.41. The number of hydrogen-bond acceptors (Lipinski definition) is 4. The molecule has 0 aromatic rings. The van der Waals surface area contributed by atoms with E-state index in [-0.39, 0.29) is 6.17 Å². The molecule has 1 unspecified atom stereocenters. The molecule has 5 heteroatoms. The fourth-order valence-electron chi connectivity index (χ4n) is 5.76. The Morgan fingerprint density at radius 2 is 1.00 bits per heavy atom. The molecule has 0 aromatic carbocycles. The number of carbonyl (C=O) groups is 1. The number of unbranched alkanes of at least 4 members (excludes halogenated alkanes) is 24. The van der Waals surface area contributed by atoms with Gasteiger partial charge in [-0.25, -0.2) is 0 Å². The molecule has 1 aliphatic heterocycles. The quantitative estimate of drug-likeness (QED) is 0.0864. The van der Waals surface area contributed by atoms with Crippen molar-refractivity contribution in [2.24, 2.45) is 10.7 Å².